The third-order valence-electron chi connectivity index (χ3n) is 3.17. The normalized spacial score (nSPS) is 12.0. The van der Waals surface area contributed by atoms with Crippen LogP contribution in [0.3, 0.4) is 0 Å². The number of nitriles is 1. The van der Waals surface area contributed by atoms with E-state index in [1.807, 2.05) is 18.4 Å². The zero-order valence-electron chi connectivity index (χ0n) is 13.2. The van der Waals surface area contributed by atoms with E-state index in [4.69, 9.17) is 0 Å². The predicted octanol–water partition coefficient (Wildman–Crippen LogP) is 4.04. The third-order valence-corrected chi connectivity index (χ3v) is 5.23. The standard InChI is InChI=1S/C16H18N4OS2/c1-4-13(14(21)20-16-18-7-8-22-16)23-15-11(9-17)5-6-12(19-15)10(2)3/h5-8,10,13H,4H2,1-3H3,(H,18,20,21). The SMILES string of the molecule is CCC(Sc1nc(C(C)C)ccc1C#N)C(=O)Nc1nccs1. The molecule has 0 fully saturated rings. The van der Waals surface area contributed by atoms with Crippen molar-refractivity contribution in [3.8, 4) is 6.07 Å². The van der Waals surface area contributed by atoms with E-state index in [-0.39, 0.29) is 17.1 Å². The summed E-state index contributed by atoms with van der Waals surface area (Å²) in [6.07, 6.45) is 2.29. The highest BCUT2D eigenvalue weighted by atomic mass is 32.2. The number of thioether (sulfide) groups is 1. The van der Waals surface area contributed by atoms with Crippen molar-refractivity contribution < 1.29 is 4.79 Å². The number of carbonyl (C=O) groups excluding carboxylic acids is 1. The number of hydrogen-bond donors (Lipinski definition) is 1. The average Bonchev–Trinajstić information content (AvgIpc) is 3.04. The van der Waals surface area contributed by atoms with E-state index in [9.17, 15) is 10.1 Å². The fourth-order valence-electron chi connectivity index (χ4n) is 1.88. The number of pyridine rings is 1. The Labute approximate surface area is 144 Å². The molecule has 0 aliphatic rings. The third kappa shape index (κ3) is 4.53. The lowest BCUT2D eigenvalue weighted by Gasteiger charge is -2.15. The summed E-state index contributed by atoms with van der Waals surface area (Å²) in [5.41, 5.74) is 1.42. The van der Waals surface area contributed by atoms with Gasteiger partial charge >= 0.3 is 0 Å². The molecule has 1 unspecified atom stereocenters. The van der Waals surface area contributed by atoms with Crippen molar-refractivity contribution in [2.45, 2.75) is 43.4 Å². The second-order valence-electron chi connectivity index (χ2n) is 5.20. The smallest absolute Gasteiger partial charge is 0.239 e. The average molecular weight is 346 g/mol. The van der Waals surface area contributed by atoms with Crippen LogP contribution in [-0.4, -0.2) is 21.1 Å². The molecule has 23 heavy (non-hydrogen) atoms. The Morgan fingerprint density at radius 3 is 2.83 bits per heavy atom. The van der Waals surface area contributed by atoms with E-state index < -0.39 is 0 Å². The number of thiazole rings is 1. The fraction of sp³-hybridized carbons (Fsp3) is 0.375. The number of rotatable bonds is 6. The van der Waals surface area contributed by atoms with Gasteiger partial charge in [0, 0.05) is 17.3 Å². The summed E-state index contributed by atoms with van der Waals surface area (Å²) in [6.45, 7) is 6.04. The first kappa shape index (κ1) is 17.4. The molecule has 2 rings (SSSR count). The quantitative estimate of drug-likeness (QED) is 0.799. The lowest BCUT2D eigenvalue weighted by Crippen LogP contribution is -2.24. The maximum Gasteiger partial charge on any atom is 0.239 e. The highest BCUT2D eigenvalue weighted by molar-refractivity contribution is 8.00. The van der Waals surface area contributed by atoms with Gasteiger partial charge in [0.25, 0.3) is 0 Å². The van der Waals surface area contributed by atoms with Crippen LogP contribution >= 0.6 is 23.1 Å². The molecule has 120 valence electrons. The van der Waals surface area contributed by atoms with Gasteiger partial charge in [0.1, 0.15) is 11.1 Å². The summed E-state index contributed by atoms with van der Waals surface area (Å²) < 4.78 is 0. The van der Waals surface area contributed by atoms with Gasteiger partial charge in [-0.2, -0.15) is 5.26 Å². The number of carbonyl (C=O) groups is 1. The van der Waals surface area contributed by atoms with Crippen molar-refractivity contribution in [3.63, 3.8) is 0 Å². The summed E-state index contributed by atoms with van der Waals surface area (Å²) in [5.74, 6) is 0.152. The van der Waals surface area contributed by atoms with E-state index in [1.54, 1.807) is 12.3 Å². The second-order valence-corrected chi connectivity index (χ2v) is 7.28. The van der Waals surface area contributed by atoms with Gasteiger partial charge in [-0.25, -0.2) is 9.97 Å². The number of nitrogens with zero attached hydrogens (tertiary/aromatic N) is 3. The summed E-state index contributed by atoms with van der Waals surface area (Å²) in [5, 5.41) is 14.8. The van der Waals surface area contributed by atoms with Gasteiger partial charge in [-0.15, -0.1) is 11.3 Å². The first-order valence-electron chi connectivity index (χ1n) is 7.33. The van der Waals surface area contributed by atoms with Crippen molar-refractivity contribution in [2.24, 2.45) is 0 Å². The summed E-state index contributed by atoms with van der Waals surface area (Å²) >= 11 is 2.71. The molecule has 0 aliphatic heterocycles. The van der Waals surface area contributed by atoms with E-state index in [2.05, 4.69) is 35.2 Å². The van der Waals surface area contributed by atoms with Crippen molar-refractivity contribution in [3.05, 3.63) is 35.0 Å². The van der Waals surface area contributed by atoms with Crippen molar-refractivity contribution >= 4 is 34.1 Å². The first-order chi connectivity index (χ1) is 11.0. The van der Waals surface area contributed by atoms with E-state index in [1.165, 1.54) is 23.1 Å². The van der Waals surface area contributed by atoms with Gasteiger partial charge in [-0.05, 0) is 24.5 Å². The molecule has 2 heterocycles. The molecule has 0 bridgehead atoms. The number of nitrogens with one attached hydrogen (secondary N) is 1. The van der Waals surface area contributed by atoms with Crippen molar-refractivity contribution in [2.75, 3.05) is 5.32 Å². The second kappa shape index (κ2) is 8.09. The lowest BCUT2D eigenvalue weighted by atomic mass is 10.1. The van der Waals surface area contributed by atoms with Crippen LogP contribution in [0.25, 0.3) is 0 Å². The monoisotopic (exact) mass is 346 g/mol. The van der Waals surface area contributed by atoms with Crippen LogP contribution in [0.15, 0.2) is 28.7 Å². The van der Waals surface area contributed by atoms with Crippen molar-refractivity contribution in [1.82, 2.24) is 9.97 Å². The molecule has 0 saturated carbocycles. The maximum atomic E-state index is 12.4. The summed E-state index contributed by atoms with van der Waals surface area (Å²) in [6, 6.07) is 5.79. The molecule has 0 aliphatic carbocycles. The van der Waals surface area contributed by atoms with Crippen LogP contribution in [-0.2, 0) is 4.79 Å². The molecule has 0 saturated heterocycles. The number of anilines is 1. The van der Waals surface area contributed by atoms with E-state index in [0.717, 1.165) is 5.69 Å². The Balaban J connectivity index is 2.19. The number of hydrogen-bond acceptors (Lipinski definition) is 6. The van der Waals surface area contributed by atoms with E-state index in [0.29, 0.717) is 22.1 Å². The van der Waals surface area contributed by atoms with Crippen LogP contribution in [0.1, 0.15) is 44.4 Å². The minimum Gasteiger partial charge on any atom is -0.301 e. The predicted molar refractivity (Wildman–Crippen MR) is 93.7 cm³/mol. The minimum atomic E-state index is -0.319. The molecule has 2 aromatic rings. The minimum absolute atomic E-state index is 0.118. The molecule has 5 nitrogen and oxygen atoms in total. The molecule has 1 amide bonds. The fourth-order valence-corrected chi connectivity index (χ4v) is 3.41. The Bertz CT molecular complexity index is 707. The first-order valence-corrected chi connectivity index (χ1v) is 9.09. The molecule has 7 heteroatoms. The lowest BCUT2D eigenvalue weighted by molar-refractivity contribution is -0.115. The Morgan fingerprint density at radius 2 is 2.26 bits per heavy atom. The Hall–Kier alpha value is -1.91. The topological polar surface area (TPSA) is 78.7 Å². The highest BCUT2D eigenvalue weighted by Gasteiger charge is 2.21. The van der Waals surface area contributed by atoms with Gasteiger partial charge in [0.15, 0.2) is 5.13 Å². The molecular formula is C16H18N4OS2. The van der Waals surface area contributed by atoms with Gasteiger partial charge in [0.2, 0.25) is 5.91 Å². The maximum absolute atomic E-state index is 12.4. The van der Waals surface area contributed by atoms with Gasteiger partial charge in [-0.3, -0.25) is 4.79 Å². The van der Waals surface area contributed by atoms with Gasteiger partial charge < -0.3 is 5.32 Å². The van der Waals surface area contributed by atoms with Gasteiger partial charge in [-0.1, -0.05) is 32.5 Å². The van der Waals surface area contributed by atoms with Crippen LogP contribution in [0.4, 0.5) is 5.13 Å². The molecule has 2 aromatic heterocycles. The Morgan fingerprint density at radius 1 is 1.48 bits per heavy atom. The van der Waals surface area contributed by atoms with Crippen LogP contribution < -0.4 is 5.32 Å². The zero-order valence-corrected chi connectivity index (χ0v) is 14.9. The Kier molecular flexibility index (Phi) is 6.13. The number of aromatic nitrogens is 2. The molecule has 0 aromatic carbocycles. The van der Waals surface area contributed by atoms with Crippen LogP contribution in [0, 0.1) is 11.3 Å². The van der Waals surface area contributed by atoms with Gasteiger partial charge in [0.05, 0.1) is 10.8 Å². The molecule has 0 spiro atoms. The molecule has 0 radical (unpaired) electrons. The van der Waals surface area contributed by atoms with Crippen LogP contribution in [0.5, 0.6) is 0 Å². The number of amides is 1. The van der Waals surface area contributed by atoms with Crippen LogP contribution in [0.2, 0.25) is 0 Å². The summed E-state index contributed by atoms with van der Waals surface area (Å²) in [4.78, 5) is 21.0. The van der Waals surface area contributed by atoms with E-state index >= 15 is 0 Å². The zero-order chi connectivity index (χ0) is 16.8. The highest BCUT2D eigenvalue weighted by Crippen LogP contribution is 2.29. The summed E-state index contributed by atoms with van der Waals surface area (Å²) in [7, 11) is 0. The van der Waals surface area contributed by atoms with Crippen molar-refractivity contribution in [1.29, 1.82) is 5.26 Å². The largest absolute Gasteiger partial charge is 0.301 e. The molecule has 1 atom stereocenters. The molecular weight excluding hydrogens is 328 g/mol. The molecule has 1 N–H and O–H groups in total.